The molecule has 1 aliphatic heterocycles. The zero-order chi connectivity index (χ0) is 29.0. The molecule has 0 radical (unpaired) electrons. The molecule has 1 atom stereocenters. The van der Waals surface area contributed by atoms with Gasteiger partial charge in [-0.3, -0.25) is 9.59 Å². The number of pyridine rings is 1. The smallest absolute Gasteiger partial charge is 0.336 e. The summed E-state index contributed by atoms with van der Waals surface area (Å²) in [6.07, 6.45) is 2.28. The fourth-order valence-electron chi connectivity index (χ4n) is 4.96. The van der Waals surface area contributed by atoms with Crippen molar-refractivity contribution in [3.63, 3.8) is 0 Å². The number of rotatable bonds is 7. The minimum absolute atomic E-state index is 0.0374. The van der Waals surface area contributed by atoms with E-state index in [4.69, 9.17) is 16.3 Å². The SMILES string of the molecule is Cc1nn2c3c(nc2s1)CCN(C(=O)COc1ccc(C(=O)NC2CC2)nc1Cl)C3c1ccc(C(=O)O)c(C)c1F. The Bertz CT molecular complexity index is 1730. The predicted octanol–water partition coefficient (Wildman–Crippen LogP) is 3.74. The molecule has 2 amide bonds. The molecule has 1 unspecified atom stereocenters. The van der Waals surface area contributed by atoms with Gasteiger partial charge in [-0.25, -0.2) is 23.7 Å². The van der Waals surface area contributed by atoms with Crippen LogP contribution in [-0.4, -0.2) is 66.6 Å². The van der Waals surface area contributed by atoms with Gasteiger partial charge < -0.3 is 20.1 Å². The number of carboxylic acid groups (broad SMARTS) is 1. The van der Waals surface area contributed by atoms with E-state index in [2.05, 4.69) is 20.4 Å². The quantitative estimate of drug-likeness (QED) is 0.307. The summed E-state index contributed by atoms with van der Waals surface area (Å²) in [6, 6.07) is 4.89. The maximum Gasteiger partial charge on any atom is 0.336 e. The van der Waals surface area contributed by atoms with E-state index in [0.29, 0.717) is 22.8 Å². The summed E-state index contributed by atoms with van der Waals surface area (Å²) in [4.78, 5) is 48.4. The highest BCUT2D eigenvalue weighted by atomic mass is 35.5. The van der Waals surface area contributed by atoms with Crippen molar-refractivity contribution < 1.29 is 28.6 Å². The van der Waals surface area contributed by atoms with E-state index < -0.39 is 30.3 Å². The molecule has 1 aromatic carbocycles. The second-order valence-corrected chi connectivity index (χ2v) is 11.5. The third kappa shape index (κ3) is 4.99. The zero-order valence-electron chi connectivity index (χ0n) is 22.0. The lowest BCUT2D eigenvalue weighted by atomic mass is 9.92. The highest BCUT2D eigenvalue weighted by Gasteiger charge is 2.39. The van der Waals surface area contributed by atoms with Crippen molar-refractivity contribution >= 4 is 45.7 Å². The van der Waals surface area contributed by atoms with Crippen molar-refractivity contribution in [1.29, 1.82) is 0 Å². The lowest BCUT2D eigenvalue weighted by Crippen LogP contribution is -2.43. The van der Waals surface area contributed by atoms with Crippen LogP contribution >= 0.6 is 22.9 Å². The van der Waals surface area contributed by atoms with E-state index in [0.717, 1.165) is 17.8 Å². The topological polar surface area (TPSA) is 139 Å². The van der Waals surface area contributed by atoms with Crippen LogP contribution in [0.5, 0.6) is 5.75 Å². The normalized spacial score (nSPS) is 16.5. The van der Waals surface area contributed by atoms with Gasteiger partial charge in [0.2, 0.25) is 4.96 Å². The van der Waals surface area contributed by atoms with Crippen LogP contribution in [0.4, 0.5) is 4.39 Å². The number of fused-ring (bicyclic) bond motifs is 3. The average molecular weight is 599 g/mol. The summed E-state index contributed by atoms with van der Waals surface area (Å²) in [5.74, 6) is -2.65. The molecule has 0 spiro atoms. The molecule has 4 aromatic rings. The lowest BCUT2D eigenvalue weighted by Gasteiger charge is -2.36. The van der Waals surface area contributed by atoms with E-state index in [1.54, 1.807) is 4.52 Å². The van der Waals surface area contributed by atoms with Crippen molar-refractivity contribution in [1.82, 2.24) is 29.8 Å². The van der Waals surface area contributed by atoms with Crippen molar-refractivity contribution in [3.05, 3.63) is 74.0 Å². The van der Waals surface area contributed by atoms with Crippen LogP contribution in [0.1, 0.15) is 67.3 Å². The number of aromatic carboxylic acids is 1. The maximum absolute atomic E-state index is 15.8. The second kappa shape index (κ2) is 10.4. The number of hydrogen-bond donors (Lipinski definition) is 2. The Kier molecular flexibility index (Phi) is 6.86. The Balaban J connectivity index is 1.31. The van der Waals surface area contributed by atoms with E-state index >= 15 is 4.39 Å². The fourth-order valence-corrected chi connectivity index (χ4v) is 5.94. The zero-order valence-corrected chi connectivity index (χ0v) is 23.6. The Morgan fingerprint density at radius 2 is 1.98 bits per heavy atom. The van der Waals surface area contributed by atoms with Crippen LogP contribution in [0.25, 0.3) is 4.96 Å². The van der Waals surface area contributed by atoms with E-state index in [1.165, 1.54) is 47.4 Å². The Hall–Kier alpha value is -4.10. The van der Waals surface area contributed by atoms with Gasteiger partial charge in [0.1, 0.15) is 22.6 Å². The number of aryl methyl sites for hydroxylation is 1. The predicted molar refractivity (Wildman–Crippen MR) is 146 cm³/mol. The highest BCUT2D eigenvalue weighted by Crippen LogP contribution is 2.39. The monoisotopic (exact) mass is 598 g/mol. The molecule has 2 aliphatic rings. The van der Waals surface area contributed by atoms with Crippen LogP contribution in [0.15, 0.2) is 24.3 Å². The van der Waals surface area contributed by atoms with Crippen molar-refractivity contribution in [2.24, 2.45) is 0 Å². The number of nitrogens with zero attached hydrogens (tertiary/aromatic N) is 5. The van der Waals surface area contributed by atoms with E-state index in [-0.39, 0.29) is 51.8 Å². The third-order valence-electron chi connectivity index (χ3n) is 7.15. The number of amides is 2. The number of carboxylic acids is 1. The van der Waals surface area contributed by atoms with Crippen LogP contribution in [0, 0.1) is 19.7 Å². The number of hydrogen-bond acceptors (Lipinski definition) is 8. The molecule has 4 heterocycles. The summed E-state index contributed by atoms with van der Waals surface area (Å²) in [6.45, 7) is 3.00. The Morgan fingerprint density at radius 3 is 2.68 bits per heavy atom. The summed E-state index contributed by atoms with van der Waals surface area (Å²) >= 11 is 7.64. The van der Waals surface area contributed by atoms with Crippen LogP contribution < -0.4 is 10.1 Å². The van der Waals surface area contributed by atoms with Crippen molar-refractivity contribution in [2.75, 3.05) is 13.2 Å². The first-order valence-corrected chi connectivity index (χ1v) is 14.1. The Morgan fingerprint density at radius 1 is 1.20 bits per heavy atom. The molecule has 41 heavy (non-hydrogen) atoms. The van der Waals surface area contributed by atoms with Crippen LogP contribution in [0.2, 0.25) is 5.15 Å². The maximum atomic E-state index is 15.8. The van der Waals surface area contributed by atoms with E-state index in [1.807, 2.05) is 6.92 Å². The van der Waals surface area contributed by atoms with Gasteiger partial charge in [0.25, 0.3) is 11.8 Å². The lowest BCUT2D eigenvalue weighted by molar-refractivity contribution is -0.135. The first kappa shape index (κ1) is 27.1. The third-order valence-corrected chi connectivity index (χ3v) is 8.24. The molecule has 1 fully saturated rings. The standard InChI is InChI=1S/C27H24ClFN6O5S/c1-12-15(26(38)39)5-6-16(21(12)29)22-23-17(32-27-35(23)33-13(2)41-27)9-10-34(22)20(36)11-40-19-8-7-18(31-24(19)28)25(37)30-14-3-4-14/h5-8,14,22H,3-4,9-11H2,1-2H3,(H,30,37)(H,38,39). The summed E-state index contributed by atoms with van der Waals surface area (Å²) in [5.41, 5.74) is 1.29. The highest BCUT2D eigenvalue weighted by molar-refractivity contribution is 7.16. The van der Waals surface area contributed by atoms with Crippen molar-refractivity contribution in [2.45, 2.75) is 45.2 Å². The first-order chi connectivity index (χ1) is 19.6. The number of carbonyl (C=O) groups is 3. The van der Waals surface area contributed by atoms with Gasteiger partial charge in [0.15, 0.2) is 17.5 Å². The molecule has 6 rings (SSSR count). The number of benzene rings is 1. The summed E-state index contributed by atoms with van der Waals surface area (Å²) < 4.78 is 23.1. The number of halogens is 2. The second-order valence-electron chi connectivity index (χ2n) is 9.97. The molecule has 1 saturated carbocycles. The van der Waals surface area contributed by atoms with Crippen LogP contribution in [0.3, 0.4) is 0 Å². The molecule has 2 N–H and O–H groups in total. The van der Waals surface area contributed by atoms with Gasteiger partial charge in [-0.15, -0.1) is 0 Å². The van der Waals surface area contributed by atoms with E-state index in [9.17, 15) is 19.5 Å². The number of aromatic nitrogens is 4. The molecule has 14 heteroatoms. The number of imidazole rings is 1. The van der Waals surface area contributed by atoms with Crippen molar-refractivity contribution in [3.8, 4) is 5.75 Å². The molecule has 0 saturated heterocycles. The minimum atomic E-state index is -1.25. The first-order valence-electron chi connectivity index (χ1n) is 12.9. The molecule has 212 valence electrons. The van der Waals surface area contributed by atoms with Crippen LogP contribution in [-0.2, 0) is 11.2 Å². The number of nitrogens with one attached hydrogen (secondary N) is 1. The van der Waals surface area contributed by atoms with Gasteiger partial charge in [0, 0.05) is 24.6 Å². The van der Waals surface area contributed by atoms with Gasteiger partial charge in [-0.05, 0) is 50.5 Å². The number of carbonyl (C=O) groups excluding carboxylic acids is 2. The van der Waals surface area contributed by atoms with Gasteiger partial charge in [-0.1, -0.05) is 29.0 Å². The Labute approximate surface area is 241 Å². The average Bonchev–Trinajstić information content (AvgIpc) is 3.58. The minimum Gasteiger partial charge on any atom is -0.481 e. The fraction of sp³-hybridized carbons (Fsp3) is 0.333. The molecular weight excluding hydrogens is 575 g/mol. The van der Waals surface area contributed by atoms with Gasteiger partial charge in [0.05, 0.1) is 17.0 Å². The summed E-state index contributed by atoms with van der Waals surface area (Å²) in [5, 5.41) is 17.5. The molecule has 0 bridgehead atoms. The molecular formula is C27H24ClFN6O5S. The number of ether oxygens (including phenoxy) is 1. The van der Waals surface area contributed by atoms with Gasteiger partial charge >= 0.3 is 5.97 Å². The largest absolute Gasteiger partial charge is 0.481 e. The molecule has 1 aliphatic carbocycles. The summed E-state index contributed by atoms with van der Waals surface area (Å²) in [7, 11) is 0. The molecule has 11 nitrogen and oxygen atoms in total. The molecule has 3 aromatic heterocycles. The van der Waals surface area contributed by atoms with Gasteiger partial charge in [-0.2, -0.15) is 5.10 Å².